The molecule has 5 nitrogen and oxygen atoms in total. The van der Waals surface area contributed by atoms with E-state index >= 15 is 0 Å². The zero-order valence-electron chi connectivity index (χ0n) is 15.7. The summed E-state index contributed by atoms with van der Waals surface area (Å²) in [5, 5.41) is 8.56. The van der Waals surface area contributed by atoms with E-state index in [4.69, 9.17) is 16.7 Å². The molecule has 0 saturated heterocycles. The van der Waals surface area contributed by atoms with E-state index in [-0.39, 0.29) is 5.91 Å². The maximum absolute atomic E-state index is 12.2. The van der Waals surface area contributed by atoms with E-state index in [1.807, 2.05) is 24.3 Å². The molecule has 0 saturated carbocycles. The first-order valence-electron chi connectivity index (χ1n) is 9.71. The molecule has 4 rings (SSSR count). The molecule has 0 fully saturated rings. The molecule has 1 aliphatic rings. The van der Waals surface area contributed by atoms with Crippen LogP contribution in [0, 0.1) is 0 Å². The predicted octanol–water partition coefficient (Wildman–Crippen LogP) is 3.84. The normalized spacial score (nSPS) is 13.2. The Kier molecular flexibility index (Phi) is 5.72. The van der Waals surface area contributed by atoms with Crippen LogP contribution in [-0.4, -0.2) is 27.2 Å². The van der Waals surface area contributed by atoms with Crippen molar-refractivity contribution in [1.82, 2.24) is 20.1 Å². The van der Waals surface area contributed by atoms with Crippen molar-refractivity contribution in [2.75, 3.05) is 6.54 Å². The number of hydrogen-bond acceptors (Lipinski definition) is 3. The summed E-state index contributed by atoms with van der Waals surface area (Å²) < 4.78 is 2.08. The molecule has 0 spiro atoms. The fourth-order valence-electron chi connectivity index (χ4n) is 3.75. The second-order valence-electron chi connectivity index (χ2n) is 7.09. The molecular formula is C22H23ClN4O. The van der Waals surface area contributed by atoms with Crippen LogP contribution in [0.1, 0.15) is 29.7 Å². The average molecular weight is 395 g/mol. The van der Waals surface area contributed by atoms with E-state index in [2.05, 4.69) is 15.0 Å². The highest BCUT2D eigenvalue weighted by atomic mass is 35.5. The molecule has 1 amide bonds. The summed E-state index contributed by atoms with van der Waals surface area (Å²) >= 11 is 5.89. The first kappa shape index (κ1) is 18.7. The number of amides is 1. The Balaban J connectivity index is 1.41. The molecule has 6 heteroatoms. The van der Waals surface area contributed by atoms with Gasteiger partial charge in [0.05, 0.1) is 18.7 Å². The number of carbonyl (C=O) groups excluding carboxylic acids is 1. The third kappa shape index (κ3) is 4.25. The molecule has 144 valence electrons. The number of nitrogens with one attached hydrogen (secondary N) is 1. The number of benzene rings is 1. The summed E-state index contributed by atoms with van der Waals surface area (Å²) in [6.07, 6.45) is 8.48. The molecule has 1 aromatic carbocycles. The van der Waals surface area contributed by atoms with E-state index in [0.717, 1.165) is 29.7 Å². The lowest BCUT2D eigenvalue weighted by molar-refractivity contribution is -0.120. The van der Waals surface area contributed by atoms with Crippen molar-refractivity contribution in [3.05, 3.63) is 70.6 Å². The molecular weight excluding hydrogens is 372 g/mol. The number of pyridine rings is 1. The maximum Gasteiger partial charge on any atom is 0.224 e. The van der Waals surface area contributed by atoms with Gasteiger partial charge >= 0.3 is 0 Å². The summed E-state index contributed by atoms with van der Waals surface area (Å²) in [5.74, 6) is 0.0118. The van der Waals surface area contributed by atoms with Gasteiger partial charge in [0.25, 0.3) is 0 Å². The molecule has 28 heavy (non-hydrogen) atoms. The van der Waals surface area contributed by atoms with Crippen molar-refractivity contribution in [2.24, 2.45) is 0 Å². The van der Waals surface area contributed by atoms with E-state index in [1.54, 1.807) is 24.5 Å². The fraction of sp³-hybridized carbons (Fsp3) is 0.318. The molecule has 0 aliphatic heterocycles. The van der Waals surface area contributed by atoms with Crippen LogP contribution in [0.4, 0.5) is 0 Å². The van der Waals surface area contributed by atoms with Crippen LogP contribution in [0.5, 0.6) is 0 Å². The Labute approximate surface area is 169 Å². The summed E-state index contributed by atoms with van der Waals surface area (Å²) in [7, 11) is 0. The van der Waals surface area contributed by atoms with Crippen molar-refractivity contribution in [3.63, 3.8) is 0 Å². The van der Waals surface area contributed by atoms with Crippen molar-refractivity contribution in [3.8, 4) is 11.3 Å². The van der Waals surface area contributed by atoms with Crippen molar-refractivity contribution >= 4 is 17.5 Å². The molecule has 3 aromatic rings. The Hall–Kier alpha value is -2.66. The van der Waals surface area contributed by atoms with E-state index in [0.29, 0.717) is 24.5 Å². The molecule has 2 heterocycles. The van der Waals surface area contributed by atoms with Gasteiger partial charge in [0.15, 0.2) is 0 Å². The number of nitrogens with zero attached hydrogens (tertiary/aromatic N) is 3. The van der Waals surface area contributed by atoms with Crippen LogP contribution in [0.2, 0.25) is 5.02 Å². The fourth-order valence-corrected chi connectivity index (χ4v) is 3.87. The average Bonchev–Trinajstić information content (AvgIpc) is 3.09. The van der Waals surface area contributed by atoms with Gasteiger partial charge < -0.3 is 5.32 Å². The second-order valence-corrected chi connectivity index (χ2v) is 7.53. The van der Waals surface area contributed by atoms with Crippen LogP contribution in [-0.2, 0) is 30.6 Å². The number of rotatable bonds is 6. The van der Waals surface area contributed by atoms with E-state index in [9.17, 15) is 4.79 Å². The zero-order chi connectivity index (χ0) is 19.3. The minimum absolute atomic E-state index is 0.0118. The van der Waals surface area contributed by atoms with Gasteiger partial charge in [-0.3, -0.25) is 14.5 Å². The van der Waals surface area contributed by atoms with Gasteiger partial charge in [0, 0.05) is 40.8 Å². The first-order chi connectivity index (χ1) is 13.7. The van der Waals surface area contributed by atoms with Crippen LogP contribution in [0.25, 0.3) is 11.3 Å². The standard InChI is InChI=1S/C22H23ClN4O/c23-18-7-5-16(6-8-18)15-21(28)25-13-14-27-20-4-2-1-3-19(20)22(26-27)17-9-11-24-12-10-17/h5-12H,1-4,13-15H2,(H,25,28). The highest BCUT2D eigenvalue weighted by Gasteiger charge is 2.21. The lowest BCUT2D eigenvalue weighted by Crippen LogP contribution is -2.29. The highest BCUT2D eigenvalue weighted by Crippen LogP contribution is 2.30. The van der Waals surface area contributed by atoms with Crippen LogP contribution >= 0.6 is 11.6 Å². The number of hydrogen-bond donors (Lipinski definition) is 1. The van der Waals surface area contributed by atoms with Gasteiger partial charge in [0.1, 0.15) is 0 Å². The van der Waals surface area contributed by atoms with E-state index < -0.39 is 0 Å². The van der Waals surface area contributed by atoms with Gasteiger partial charge in [-0.25, -0.2) is 0 Å². The summed E-state index contributed by atoms with van der Waals surface area (Å²) in [6, 6.07) is 11.4. The number of aromatic nitrogens is 3. The van der Waals surface area contributed by atoms with Gasteiger partial charge in [0.2, 0.25) is 5.91 Å². The third-order valence-electron chi connectivity index (χ3n) is 5.13. The van der Waals surface area contributed by atoms with Crippen LogP contribution in [0.15, 0.2) is 48.8 Å². The van der Waals surface area contributed by atoms with Crippen molar-refractivity contribution < 1.29 is 4.79 Å². The Bertz CT molecular complexity index is 951. The lowest BCUT2D eigenvalue weighted by Gasteiger charge is -2.14. The van der Waals surface area contributed by atoms with Gasteiger partial charge in [-0.15, -0.1) is 0 Å². The molecule has 0 bridgehead atoms. The summed E-state index contributed by atoms with van der Waals surface area (Å²) in [6.45, 7) is 1.25. The Morgan fingerprint density at radius 3 is 2.61 bits per heavy atom. The summed E-state index contributed by atoms with van der Waals surface area (Å²) in [4.78, 5) is 16.3. The Morgan fingerprint density at radius 2 is 1.82 bits per heavy atom. The molecule has 0 radical (unpaired) electrons. The molecule has 2 aromatic heterocycles. The minimum atomic E-state index is 0.0118. The second kappa shape index (κ2) is 8.57. The topological polar surface area (TPSA) is 59.8 Å². The molecule has 1 aliphatic carbocycles. The predicted molar refractivity (Wildman–Crippen MR) is 110 cm³/mol. The summed E-state index contributed by atoms with van der Waals surface area (Å²) in [5.41, 5.74) is 5.79. The third-order valence-corrected chi connectivity index (χ3v) is 5.39. The van der Waals surface area contributed by atoms with Crippen molar-refractivity contribution in [1.29, 1.82) is 0 Å². The number of carbonyl (C=O) groups is 1. The smallest absolute Gasteiger partial charge is 0.224 e. The van der Waals surface area contributed by atoms with E-state index in [1.165, 1.54) is 24.1 Å². The largest absolute Gasteiger partial charge is 0.354 e. The van der Waals surface area contributed by atoms with Crippen LogP contribution in [0.3, 0.4) is 0 Å². The highest BCUT2D eigenvalue weighted by molar-refractivity contribution is 6.30. The Morgan fingerprint density at radius 1 is 1.07 bits per heavy atom. The quantitative estimate of drug-likeness (QED) is 0.691. The zero-order valence-corrected chi connectivity index (χ0v) is 16.5. The van der Waals surface area contributed by atoms with Gasteiger partial charge in [-0.1, -0.05) is 23.7 Å². The molecule has 0 atom stereocenters. The molecule has 0 unspecified atom stereocenters. The number of halogens is 1. The van der Waals surface area contributed by atoms with Gasteiger partial charge in [-0.2, -0.15) is 5.10 Å². The lowest BCUT2D eigenvalue weighted by atomic mass is 9.94. The van der Waals surface area contributed by atoms with Gasteiger partial charge in [-0.05, 0) is 55.5 Å². The maximum atomic E-state index is 12.2. The monoisotopic (exact) mass is 394 g/mol. The van der Waals surface area contributed by atoms with Crippen molar-refractivity contribution in [2.45, 2.75) is 38.6 Å². The number of fused-ring (bicyclic) bond motifs is 1. The minimum Gasteiger partial charge on any atom is -0.354 e. The SMILES string of the molecule is O=C(Cc1ccc(Cl)cc1)NCCn1nc(-c2ccncc2)c2c1CCCC2. The first-order valence-corrected chi connectivity index (χ1v) is 10.1. The van der Waals surface area contributed by atoms with Crippen LogP contribution < -0.4 is 5.32 Å². The molecule has 1 N–H and O–H groups in total.